The van der Waals surface area contributed by atoms with Gasteiger partial charge < -0.3 is 4.74 Å². The first-order chi connectivity index (χ1) is 7.27. The minimum absolute atomic E-state index is 0.275. The molecule has 15 heavy (non-hydrogen) atoms. The topological polar surface area (TPSA) is 26.3 Å². The first kappa shape index (κ1) is 12.1. The highest BCUT2D eigenvalue weighted by Crippen LogP contribution is 2.14. The number of carbonyl (C=O) groups excluding carboxylic acids is 1. The molecule has 0 N–H and O–H groups in total. The minimum atomic E-state index is -0.275. The highest BCUT2D eigenvalue weighted by Gasteiger charge is 2.03. The van der Waals surface area contributed by atoms with Crippen molar-refractivity contribution in [2.45, 2.75) is 19.1 Å². The molecule has 0 spiro atoms. The van der Waals surface area contributed by atoms with Gasteiger partial charge in [0.15, 0.2) is 0 Å². The van der Waals surface area contributed by atoms with E-state index >= 15 is 0 Å². The average molecular weight is 224 g/mol. The molecule has 0 heterocycles. The van der Waals surface area contributed by atoms with Crippen molar-refractivity contribution in [2.24, 2.45) is 0 Å². The van der Waals surface area contributed by atoms with Gasteiger partial charge in [0, 0.05) is 5.75 Å². The first-order valence-electron chi connectivity index (χ1n) is 5.03. The van der Waals surface area contributed by atoms with Crippen molar-refractivity contribution < 1.29 is 9.53 Å². The van der Waals surface area contributed by atoms with Gasteiger partial charge in [-0.3, -0.25) is 0 Å². The molecule has 0 aliphatic carbocycles. The predicted molar refractivity (Wildman–Crippen MR) is 64.2 cm³/mol. The van der Waals surface area contributed by atoms with E-state index in [4.69, 9.17) is 0 Å². The quantitative estimate of drug-likeness (QED) is 0.568. The standard InChI is InChI=1S/C12H16O2S/c1-3-8-15-9-10-4-6-11(7-5-10)12(13)14-2/h4-7H,3,8-9H2,1-2H3. The van der Waals surface area contributed by atoms with Crippen LogP contribution < -0.4 is 0 Å². The summed E-state index contributed by atoms with van der Waals surface area (Å²) in [6.07, 6.45) is 1.20. The Kier molecular flexibility index (Phi) is 5.26. The molecule has 0 saturated carbocycles. The lowest BCUT2D eigenvalue weighted by Crippen LogP contribution is -2.00. The second-order valence-corrected chi connectivity index (χ2v) is 4.35. The Morgan fingerprint density at radius 3 is 2.53 bits per heavy atom. The summed E-state index contributed by atoms with van der Waals surface area (Å²) in [6.45, 7) is 2.17. The highest BCUT2D eigenvalue weighted by atomic mass is 32.2. The zero-order valence-corrected chi connectivity index (χ0v) is 9.97. The molecule has 1 aromatic carbocycles. The maximum Gasteiger partial charge on any atom is 0.337 e. The van der Waals surface area contributed by atoms with Crippen LogP contribution in [0.4, 0.5) is 0 Å². The van der Waals surface area contributed by atoms with Crippen molar-refractivity contribution in [3.63, 3.8) is 0 Å². The molecule has 0 aromatic heterocycles. The summed E-state index contributed by atoms with van der Waals surface area (Å²) >= 11 is 1.91. The van der Waals surface area contributed by atoms with E-state index in [0.29, 0.717) is 5.56 Å². The monoisotopic (exact) mass is 224 g/mol. The number of hydrogen-bond acceptors (Lipinski definition) is 3. The first-order valence-corrected chi connectivity index (χ1v) is 6.18. The van der Waals surface area contributed by atoms with Gasteiger partial charge in [0.25, 0.3) is 0 Å². The molecule has 0 aliphatic rings. The van der Waals surface area contributed by atoms with Crippen LogP contribution in [0.15, 0.2) is 24.3 Å². The second-order valence-electron chi connectivity index (χ2n) is 3.24. The fourth-order valence-corrected chi connectivity index (χ4v) is 2.05. The number of hydrogen-bond donors (Lipinski definition) is 0. The highest BCUT2D eigenvalue weighted by molar-refractivity contribution is 7.98. The predicted octanol–water partition coefficient (Wildman–Crippen LogP) is 3.12. The minimum Gasteiger partial charge on any atom is -0.465 e. The number of carbonyl (C=O) groups is 1. The zero-order valence-electron chi connectivity index (χ0n) is 9.16. The lowest BCUT2D eigenvalue weighted by molar-refractivity contribution is 0.0601. The molecule has 2 nitrogen and oxygen atoms in total. The average Bonchev–Trinajstić information content (AvgIpc) is 2.29. The van der Waals surface area contributed by atoms with Crippen LogP contribution in [-0.4, -0.2) is 18.8 Å². The molecule has 1 aromatic rings. The van der Waals surface area contributed by atoms with Crippen LogP contribution in [0.2, 0.25) is 0 Å². The van der Waals surface area contributed by atoms with E-state index in [9.17, 15) is 4.79 Å². The van der Waals surface area contributed by atoms with Gasteiger partial charge in [0.05, 0.1) is 12.7 Å². The normalized spacial score (nSPS) is 10.0. The Balaban J connectivity index is 2.52. The Morgan fingerprint density at radius 2 is 2.00 bits per heavy atom. The summed E-state index contributed by atoms with van der Waals surface area (Å²) < 4.78 is 4.63. The summed E-state index contributed by atoms with van der Waals surface area (Å²) in [4.78, 5) is 11.2. The largest absolute Gasteiger partial charge is 0.465 e. The summed E-state index contributed by atoms with van der Waals surface area (Å²) in [6, 6.07) is 7.59. The number of ether oxygens (including phenoxy) is 1. The molecule has 0 fully saturated rings. The van der Waals surface area contributed by atoms with Gasteiger partial charge in [0.2, 0.25) is 0 Å². The summed E-state index contributed by atoms with van der Waals surface area (Å²) in [5.74, 6) is 1.91. The van der Waals surface area contributed by atoms with Crippen molar-refractivity contribution >= 4 is 17.7 Å². The summed E-state index contributed by atoms with van der Waals surface area (Å²) in [7, 11) is 1.40. The third-order valence-corrected chi connectivity index (χ3v) is 3.23. The van der Waals surface area contributed by atoms with Crippen LogP contribution in [0.25, 0.3) is 0 Å². The molecule has 82 valence electrons. The maximum absolute atomic E-state index is 11.2. The fourth-order valence-electron chi connectivity index (χ4n) is 1.19. The molecule has 0 saturated heterocycles. The molecule has 3 heteroatoms. The third-order valence-electron chi connectivity index (χ3n) is 1.99. The van der Waals surface area contributed by atoms with Gasteiger partial charge in [-0.05, 0) is 29.9 Å². The van der Waals surface area contributed by atoms with E-state index in [1.54, 1.807) is 0 Å². The number of rotatable bonds is 5. The van der Waals surface area contributed by atoms with Crippen molar-refractivity contribution in [3.05, 3.63) is 35.4 Å². The van der Waals surface area contributed by atoms with Gasteiger partial charge in [0.1, 0.15) is 0 Å². The van der Waals surface area contributed by atoms with Gasteiger partial charge in [-0.25, -0.2) is 4.79 Å². The van der Waals surface area contributed by atoms with Crippen molar-refractivity contribution in [1.82, 2.24) is 0 Å². The van der Waals surface area contributed by atoms with Crippen LogP contribution in [0.3, 0.4) is 0 Å². The van der Waals surface area contributed by atoms with Gasteiger partial charge >= 0.3 is 5.97 Å². The van der Waals surface area contributed by atoms with E-state index in [-0.39, 0.29) is 5.97 Å². The maximum atomic E-state index is 11.2. The van der Waals surface area contributed by atoms with E-state index in [0.717, 1.165) is 5.75 Å². The number of esters is 1. The second kappa shape index (κ2) is 6.51. The molecule has 1 rings (SSSR count). The molecule has 0 aliphatic heterocycles. The van der Waals surface area contributed by atoms with Crippen LogP contribution in [0, 0.1) is 0 Å². The lowest BCUT2D eigenvalue weighted by atomic mass is 10.1. The zero-order chi connectivity index (χ0) is 11.1. The number of methoxy groups -OCH3 is 1. The van der Waals surface area contributed by atoms with E-state index < -0.39 is 0 Å². The lowest BCUT2D eigenvalue weighted by Gasteiger charge is -2.02. The molecule has 0 bridgehead atoms. The molecular weight excluding hydrogens is 208 g/mol. The Hall–Kier alpha value is -0.960. The van der Waals surface area contributed by atoms with E-state index in [2.05, 4.69) is 11.7 Å². The fraction of sp³-hybridized carbons (Fsp3) is 0.417. The van der Waals surface area contributed by atoms with Crippen LogP contribution in [0.5, 0.6) is 0 Å². The summed E-state index contributed by atoms with van der Waals surface area (Å²) in [5.41, 5.74) is 1.86. The smallest absolute Gasteiger partial charge is 0.337 e. The van der Waals surface area contributed by atoms with Gasteiger partial charge in [-0.2, -0.15) is 11.8 Å². The van der Waals surface area contributed by atoms with Gasteiger partial charge in [-0.1, -0.05) is 19.1 Å². The Bertz CT molecular complexity index is 306. The molecule has 0 radical (unpaired) electrons. The van der Waals surface area contributed by atoms with Crippen molar-refractivity contribution in [2.75, 3.05) is 12.9 Å². The molecular formula is C12H16O2S. The third kappa shape index (κ3) is 3.96. The Morgan fingerprint density at radius 1 is 1.33 bits per heavy atom. The summed E-state index contributed by atoms with van der Waals surface area (Å²) in [5, 5.41) is 0. The van der Waals surface area contributed by atoms with Crippen LogP contribution in [-0.2, 0) is 10.5 Å². The molecule has 0 unspecified atom stereocenters. The van der Waals surface area contributed by atoms with E-state index in [1.165, 1.54) is 24.8 Å². The van der Waals surface area contributed by atoms with Crippen LogP contribution in [0.1, 0.15) is 29.3 Å². The van der Waals surface area contributed by atoms with Gasteiger partial charge in [-0.15, -0.1) is 0 Å². The van der Waals surface area contributed by atoms with Crippen molar-refractivity contribution in [3.8, 4) is 0 Å². The number of thioether (sulfide) groups is 1. The Labute approximate surface area is 95.0 Å². The SMILES string of the molecule is CCCSCc1ccc(C(=O)OC)cc1. The molecule has 0 amide bonds. The van der Waals surface area contributed by atoms with E-state index in [1.807, 2.05) is 36.0 Å². The van der Waals surface area contributed by atoms with Crippen molar-refractivity contribution in [1.29, 1.82) is 0 Å². The number of benzene rings is 1. The molecule has 0 atom stereocenters. The van der Waals surface area contributed by atoms with Crippen LogP contribution >= 0.6 is 11.8 Å².